The molecule has 0 aromatic heterocycles. The van der Waals surface area contributed by atoms with Gasteiger partial charge in [-0.3, -0.25) is 4.79 Å². The van der Waals surface area contributed by atoms with E-state index < -0.39 is 30.4 Å². The molecule has 0 spiro atoms. The van der Waals surface area contributed by atoms with Gasteiger partial charge < -0.3 is 10.1 Å². The van der Waals surface area contributed by atoms with Gasteiger partial charge in [0.25, 0.3) is 5.91 Å². The van der Waals surface area contributed by atoms with E-state index in [9.17, 15) is 22.4 Å². The minimum Gasteiger partial charge on any atom is -0.369 e. The largest absolute Gasteiger partial charge is 0.369 e. The second kappa shape index (κ2) is 4.78. The Labute approximate surface area is 84.8 Å². The summed E-state index contributed by atoms with van der Waals surface area (Å²) in [6.07, 6.45) is -3.80. The average Bonchev–Trinajstić information content (AvgIpc) is 2.13. The van der Waals surface area contributed by atoms with E-state index in [1.54, 1.807) is 5.32 Å². The van der Waals surface area contributed by atoms with Gasteiger partial charge in [0.15, 0.2) is 0 Å². The minimum atomic E-state index is -4.22. The van der Waals surface area contributed by atoms with Crippen LogP contribution in [0.2, 0.25) is 0 Å². The Hall–Kier alpha value is -0.850. The standard InChI is InChI=1S/C8H13F4NO2/c1-7(2,15-3)6(14)13-4-8(11,12)5(9)10/h5H,4H2,1-3H3,(H,13,14). The van der Waals surface area contributed by atoms with Crippen LogP contribution in [-0.2, 0) is 9.53 Å². The van der Waals surface area contributed by atoms with Crippen LogP contribution in [0.15, 0.2) is 0 Å². The number of amides is 1. The summed E-state index contributed by atoms with van der Waals surface area (Å²) in [7, 11) is 1.21. The van der Waals surface area contributed by atoms with Crippen LogP contribution in [-0.4, -0.2) is 37.5 Å². The molecule has 7 heteroatoms. The van der Waals surface area contributed by atoms with E-state index >= 15 is 0 Å². The predicted octanol–water partition coefficient (Wildman–Crippen LogP) is 1.43. The van der Waals surface area contributed by atoms with Crippen LogP contribution in [0.1, 0.15) is 13.8 Å². The third-order valence-electron chi connectivity index (χ3n) is 1.86. The molecule has 1 N–H and O–H groups in total. The van der Waals surface area contributed by atoms with Gasteiger partial charge in [0.2, 0.25) is 0 Å². The summed E-state index contributed by atoms with van der Waals surface area (Å²) in [4.78, 5) is 11.2. The first-order valence-electron chi connectivity index (χ1n) is 4.13. The normalized spacial score (nSPS) is 13.1. The molecule has 0 radical (unpaired) electrons. The molecule has 0 atom stereocenters. The van der Waals surface area contributed by atoms with Crippen LogP contribution in [0.4, 0.5) is 17.6 Å². The number of hydrogen-bond donors (Lipinski definition) is 1. The zero-order valence-electron chi connectivity index (χ0n) is 8.61. The van der Waals surface area contributed by atoms with Gasteiger partial charge in [-0.05, 0) is 13.8 Å². The van der Waals surface area contributed by atoms with Crippen molar-refractivity contribution >= 4 is 5.91 Å². The Morgan fingerprint density at radius 1 is 1.40 bits per heavy atom. The average molecular weight is 231 g/mol. The summed E-state index contributed by atoms with van der Waals surface area (Å²) in [5.74, 6) is -5.09. The monoisotopic (exact) mass is 231 g/mol. The van der Waals surface area contributed by atoms with Crippen molar-refractivity contribution < 1.29 is 27.1 Å². The highest BCUT2D eigenvalue weighted by Crippen LogP contribution is 2.21. The van der Waals surface area contributed by atoms with E-state index in [1.807, 2.05) is 0 Å². The zero-order valence-corrected chi connectivity index (χ0v) is 8.61. The molecule has 0 fully saturated rings. The molecular formula is C8H13F4NO2. The maximum atomic E-state index is 12.4. The lowest BCUT2D eigenvalue weighted by atomic mass is 10.1. The van der Waals surface area contributed by atoms with E-state index in [0.717, 1.165) is 0 Å². The Morgan fingerprint density at radius 2 is 1.87 bits per heavy atom. The second-order valence-corrected chi connectivity index (χ2v) is 3.46. The highest BCUT2D eigenvalue weighted by atomic mass is 19.3. The van der Waals surface area contributed by atoms with Crippen LogP contribution >= 0.6 is 0 Å². The molecule has 0 heterocycles. The SMILES string of the molecule is COC(C)(C)C(=O)NCC(F)(F)C(F)F. The van der Waals surface area contributed by atoms with Crippen molar-refractivity contribution in [3.63, 3.8) is 0 Å². The first kappa shape index (κ1) is 14.2. The van der Waals surface area contributed by atoms with Gasteiger partial charge in [-0.25, -0.2) is 8.78 Å². The van der Waals surface area contributed by atoms with Gasteiger partial charge in [0.1, 0.15) is 5.60 Å². The third-order valence-corrected chi connectivity index (χ3v) is 1.86. The minimum absolute atomic E-state index is 0.870. The van der Waals surface area contributed by atoms with Crippen LogP contribution in [0.5, 0.6) is 0 Å². The Bertz CT molecular complexity index is 231. The third kappa shape index (κ3) is 4.03. The molecule has 15 heavy (non-hydrogen) atoms. The molecule has 0 unspecified atom stereocenters. The summed E-state index contributed by atoms with van der Waals surface area (Å²) in [6.45, 7) is 1.27. The number of hydrogen-bond acceptors (Lipinski definition) is 2. The highest BCUT2D eigenvalue weighted by molar-refractivity contribution is 5.84. The van der Waals surface area contributed by atoms with E-state index in [2.05, 4.69) is 4.74 Å². The van der Waals surface area contributed by atoms with Gasteiger partial charge in [0, 0.05) is 7.11 Å². The quantitative estimate of drug-likeness (QED) is 0.727. The first-order valence-corrected chi connectivity index (χ1v) is 4.13. The molecule has 1 amide bonds. The molecule has 0 rings (SSSR count). The highest BCUT2D eigenvalue weighted by Gasteiger charge is 2.42. The molecule has 90 valence electrons. The van der Waals surface area contributed by atoms with Gasteiger partial charge in [-0.1, -0.05) is 0 Å². The summed E-state index contributed by atoms with van der Waals surface area (Å²) >= 11 is 0. The van der Waals surface area contributed by atoms with E-state index in [-0.39, 0.29) is 0 Å². The van der Waals surface area contributed by atoms with Crippen molar-refractivity contribution in [1.82, 2.24) is 5.32 Å². The Kier molecular flexibility index (Phi) is 4.51. The summed E-state index contributed by atoms with van der Waals surface area (Å²) < 4.78 is 52.9. The van der Waals surface area contributed by atoms with E-state index in [0.29, 0.717) is 0 Å². The molecule has 0 saturated carbocycles. The fraction of sp³-hybridized carbons (Fsp3) is 0.875. The van der Waals surface area contributed by atoms with Crippen molar-refractivity contribution in [2.45, 2.75) is 31.8 Å². The lowest BCUT2D eigenvalue weighted by molar-refractivity contribution is -0.148. The number of methoxy groups -OCH3 is 1. The molecule has 3 nitrogen and oxygen atoms in total. The Morgan fingerprint density at radius 3 is 2.20 bits per heavy atom. The maximum absolute atomic E-state index is 12.4. The van der Waals surface area contributed by atoms with Gasteiger partial charge in [0.05, 0.1) is 6.54 Å². The number of nitrogens with one attached hydrogen (secondary N) is 1. The molecule has 0 aliphatic carbocycles. The maximum Gasteiger partial charge on any atom is 0.324 e. The summed E-state index contributed by atoms with van der Waals surface area (Å²) in [6, 6.07) is 0. The molecule has 0 aliphatic heterocycles. The first-order chi connectivity index (χ1) is 6.63. The molecule has 0 aromatic carbocycles. The number of carbonyl (C=O) groups is 1. The zero-order chi connectivity index (χ0) is 12.3. The fourth-order valence-corrected chi connectivity index (χ4v) is 0.581. The van der Waals surface area contributed by atoms with Gasteiger partial charge >= 0.3 is 12.3 Å². The fourth-order valence-electron chi connectivity index (χ4n) is 0.581. The summed E-state index contributed by atoms with van der Waals surface area (Å²) in [5.41, 5.74) is -1.32. The van der Waals surface area contributed by atoms with Crippen molar-refractivity contribution in [2.75, 3.05) is 13.7 Å². The van der Waals surface area contributed by atoms with E-state index in [4.69, 9.17) is 0 Å². The number of halogens is 4. The topological polar surface area (TPSA) is 38.3 Å². The molecular weight excluding hydrogens is 218 g/mol. The molecule has 0 saturated heterocycles. The van der Waals surface area contributed by atoms with Crippen LogP contribution in [0.3, 0.4) is 0 Å². The smallest absolute Gasteiger partial charge is 0.324 e. The van der Waals surface area contributed by atoms with Gasteiger partial charge in [-0.2, -0.15) is 8.78 Å². The lowest BCUT2D eigenvalue weighted by Crippen LogP contribution is -2.49. The second-order valence-electron chi connectivity index (χ2n) is 3.46. The Balaban J connectivity index is 4.24. The lowest BCUT2D eigenvalue weighted by Gasteiger charge is -2.23. The van der Waals surface area contributed by atoms with E-state index in [1.165, 1.54) is 21.0 Å². The van der Waals surface area contributed by atoms with Crippen LogP contribution < -0.4 is 5.32 Å². The van der Waals surface area contributed by atoms with Crippen molar-refractivity contribution in [3.05, 3.63) is 0 Å². The van der Waals surface area contributed by atoms with Crippen LogP contribution in [0, 0.1) is 0 Å². The number of rotatable bonds is 5. The van der Waals surface area contributed by atoms with Crippen molar-refractivity contribution in [1.29, 1.82) is 0 Å². The van der Waals surface area contributed by atoms with Crippen molar-refractivity contribution in [2.24, 2.45) is 0 Å². The molecule has 0 aliphatic rings. The number of alkyl halides is 4. The summed E-state index contributed by atoms with van der Waals surface area (Å²) in [5, 5.41) is 1.70. The van der Waals surface area contributed by atoms with Gasteiger partial charge in [-0.15, -0.1) is 0 Å². The molecule has 0 bridgehead atoms. The van der Waals surface area contributed by atoms with Crippen LogP contribution in [0.25, 0.3) is 0 Å². The van der Waals surface area contributed by atoms with Crippen molar-refractivity contribution in [3.8, 4) is 0 Å². The molecule has 0 aromatic rings. The number of ether oxygens (including phenoxy) is 1. The predicted molar refractivity (Wildman–Crippen MR) is 45.0 cm³/mol. The number of carbonyl (C=O) groups excluding carboxylic acids is 1.